The van der Waals surface area contributed by atoms with Crippen molar-refractivity contribution in [1.29, 1.82) is 0 Å². The van der Waals surface area contributed by atoms with Crippen LogP contribution in [0.1, 0.15) is 6.92 Å². The number of piperazine rings is 1. The third-order valence-corrected chi connectivity index (χ3v) is 7.27. The molecule has 1 saturated heterocycles. The summed E-state index contributed by atoms with van der Waals surface area (Å²) in [6.45, 7) is 5.15. The molecule has 5 nitrogen and oxygen atoms in total. The summed E-state index contributed by atoms with van der Waals surface area (Å²) >= 11 is 8.40. The Kier molecular flexibility index (Phi) is 6.32. The molecular weight excluding hydrogens is 420 g/mol. The van der Waals surface area contributed by atoms with Crippen LogP contribution < -0.4 is 4.90 Å². The number of carbonyl (C=O) groups is 1. The van der Waals surface area contributed by atoms with Crippen LogP contribution in [0.4, 0.5) is 5.69 Å². The van der Waals surface area contributed by atoms with Gasteiger partial charge in [-0.05, 0) is 43.4 Å². The second-order valence-electron chi connectivity index (χ2n) is 6.79. The molecule has 1 aliphatic rings. The van der Waals surface area contributed by atoms with Crippen molar-refractivity contribution in [1.82, 2.24) is 14.7 Å². The highest BCUT2D eigenvalue weighted by atomic mass is 32.2. The summed E-state index contributed by atoms with van der Waals surface area (Å²) in [5.41, 5.74) is 2.16. The predicted octanol–water partition coefficient (Wildman–Crippen LogP) is 4.49. The molecule has 0 N–H and O–H groups in total. The number of rotatable bonds is 5. The van der Waals surface area contributed by atoms with E-state index in [1.165, 1.54) is 28.8 Å². The summed E-state index contributed by atoms with van der Waals surface area (Å²) in [6.07, 6.45) is 0. The Morgan fingerprint density at radius 3 is 2.21 bits per heavy atom. The van der Waals surface area contributed by atoms with Crippen LogP contribution in [0, 0.1) is 3.95 Å². The maximum atomic E-state index is 12.9. The molecule has 150 valence electrons. The molecule has 1 atom stereocenters. The lowest BCUT2D eigenvalue weighted by molar-refractivity contribution is -0.130. The maximum absolute atomic E-state index is 12.9. The number of aromatic nitrogens is 2. The number of thioether (sulfide) groups is 1. The summed E-state index contributed by atoms with van der Waals surface area (Å²) in [5, 5.41) is 4.42. The summed E-state index contributed by atoms with van der Waals surface area (Å²) in [5.74, 6) is 0.162. The first kappa shape index (κ1) is 20.1. The van der Waals surface area contributed by atoms with Gasteiger partial charge < -0.3 is 9.80 Å². The first-order valence-electron chi connectivity index (χ1n) is 9.53. The molecule has 1 unspecified atom stereocenters. The van der Waals surface area contributed by atoms with Crippen molar-refractivity contribution in [2.24, 2.45) is 0 Å². The zero-order chi connectivity index (χ0) is 20.2. The van der Waals surface area contributed by atoms with E-state index in [0.717, 1.165) is 36.2 Å². The van der Waals surface area contributed by atoms with Crippen LogP contribution in [0.2, 0.25) is 0 Å². The molecule has 29 heavy (non-hydrogen) atoms. The topological polar surface area (TPSA) is 41.4 Å². The lowest BCUT2D eigenvalue weighted by atomic mass is 10.2. The van der Waals surface area contributed by atoms with E-state index in [1.54, 1.807) is 4.68 Å². The first-order valence-corrected chi connectivity index (χ1v) is 11.6. The molecule has 3 aromatic rings. The predicted molar refractivity (Wildman–Crippen MR) is 123 cm³/mol. The highest BCUT2D eigenvalue weighted by molar-refractivity contribution is 8.02. The molecule has 1 fully saturated rings. The minimum atomic E-state index is -0.192. The molecule has 4 rings (SSSR count). The van der Waals surface area contributed by atoms with Crippen molar-refractivity contribution < 1.29 is 4.79 Å². The smallest absolute Gasteiger partial charge is 0.235 e. The third-order valence-electron chi connectivity index (χ3n) is 4.87. The SMILES string of the molecule is CC(Sc1nn(-c2ccccc2)c(=S)s1)C(=O)N1CCN(c2ccccc2)CC1. The normalized spacial score (nSPS) is 15.3. The van der Waals surface area contributed by atoms with E-state index in [1.807, 2.05) is 48.2 Å². The molecule has 1 amide bonds. The monoisotopic (exact) mass is 442 g/mol. The van der Waals surface area contributed by atoms with E-state index in [9.17, 15) is 4.79 Å². The summed E-state index contributed by atoms with van der Waals surface area (Å²) in [4.78, 5) is 17.2. The Morgan fingerprint density at radius 1 is 1.00 bits per heavy atom. The molecule has 2 aromatic carbocycles. The number of hydrogen-bond donors (Lipinski definition) is 0. The van der Waals surface area contributed by atoms with Gasteiger partial charge in [0.25, 0.3) is 0 Å². The Bertz CT molecular complexity index is 1010. The molecule has 2 heterocycles. The minimum Gasteiger partial charge on any atom is -0.368 e. The van der Waals surface area contributed by atoms with Gasteiger partial charge in [0.1, 0.15) is 0 Å². The van der Waals surface area contributed by atoms with Crippen LogP contribution in [0.15, 0.2) is 65.0 Å². The summed E-state index contributed by atoms with van der Waals surface area (Å²) in [7, 11) is 0. The van der Waals surface area contributed by atoms with Crippen LogP contribution >= 0.6 is 35.3 Å². The fourth-order valence-electron chi connectivity index (χ4n) is 3.32. The highest BCUT2D eigenvalue weighted by Crippen LogP contribution is 2.29. The van der Waals surface area contributed by atoms with Crippen LogP contribution in [-0.2, 0) is 4.79 Å². The van der Waals surface area contributed by atoms with Crippen LogP contribution in [-0.4, -0.2) is 52.0 Å². The number of anilines is 1. The fraction of sp³-hybridized carbons (Fsp3) is 0.286. The largest absolute Gasteiger partial charge is 0.368 e. The molecule has 1 aromatic heterocycles. The highest BCUT2D eigenvalue weighted by Gasteiger charge is 2.26. The number of amides is 1. The third kappa shape index (κ3) is 4.71. The molecule has 0 spiro atoms. The zero-order valence-corrected chi connectivity index (χ0v) is 18.6. The molecule has 0 bridgehead atoms. The van der Waals surface area contributed by atoms with E-state index < -0.39 is 0 Å². The van der Waals surface area contributed by atoms with Gasteiger partial charge >= 0.3 is 0 Å². The van der Waals surface area contributed by atoms with Gasteiger partial charge in [-0.2, -0.15) is 0 Å². The van der Waals surface area contributed by atoms with Crippen molar-refractivity contribution in [2.75, 3.05) is 31.1 Å². The molecule has 8 heteroatoms. The van der Waals surface area contributed by atoms with E-state index in [0.29, 0.717) is 3.95 Å². The standard InChI is InChI=1S/C21H22N4OS3/c1-16(28-20-22-25(21(27)29-20)18-10-6-3-7-11-18)19(26)24-14-12-23(13-15-24)17-8-4-2-5-9-17/h2-11,16H,12-15H2,1H3. The van der Waals surface area contributed by atoms with Crippen molar-refractivity contribution >= 4 is 46.9 Å². The molecule has 0 radical (unpaired) electrons. The quantitative estimate of drug-likeness (QED) is 0.430. The first-order chi connectivity index (χ1) is 14.1. The molecule has 0 saturated carbocycles. The van der Waals surface area contributed by atoms with Crippen molar-refractivity contribution in [3.05, 3.63) is 64.6 Å². The van der Waals surface area contributed by atoms with Gasteiger partial charge in [0.2, 0.25) is 5.91 Å². The maximum Gasteiger partial charge on any atom is 0.235 e. The van der Waals surface area contributed by atoms with Gasteiger partial charge in [0.05, 0.1) is 10.9 Å². The second-order valence-corrected chi connectivity index (χ2v) is 10.00. The van der Waals surface area contributed by atoms with Gasteiger partial charge in [-0.1, -0.05) is 59.5 Å². The Labute approximate surface area is 184 Å². The van der Waals surface area contributed by atoms with Gasteiger partial charge in [-0.15, -0.1) is 5.10 Å². The van der Waals surface area contributed by atoms with Crippen molar-refractivity contribution in [2.45, 2.75) is 16.5 Å². The number of hydrogen-bond acceptors (Lipinski definition) is 6. The average Bonchev–Trinajstić information content (AvgIpc) is 3.14. The lowest BCUT2D eigenvalue weighted by Crippen LogP contribution is -2.50. The van der Waals surface area contributed by atoms with Crippen molar-refractivity contribution in [3.8, 4) is 5.69 Å². The van der Waals surface area contributed by atoms with Crippen LogP contribution in [0.25, 0.3) is 5.69 Å². The van der Waals surface area contributed by atoms with Gasteiger partial charge in [-0.3, -0.25) is 4.79 Å². The van der Waals surface area contributed by atoms with Crippen LogP contribution in [0.3, 0.4) is 0 Å². The Balaban J connectivity index is 1.36. The number of benzene rings is 2. The van der Waals surface area contributed by atoms with E-state index in [2.05, 4.69) is 34.3 Å². The zero-order valence-electron chi connectivity index (χ0n) is 16.1. The van der Waals surface area contributed by atoms with Crippen LogP contribution in [0.5, 0.6) is 0 Å². The Morgan fingerprint density at radius 2 is 1.59 bits per heavy atom. The number of nitrogens with zero attached hydrogens (tertiary/aromatic N) is 4. The van der Waals surface area contributed by atoms with Gasteiger partial charge in [0, 0.05) is 31.9 Å². The Hall–Kier alpha value is -2.16. The van der Waals surface area contributed by atoms with Gasteiger partial charge in [-0.25, -0.2) is 4.68 Å². The molecular formula is C21H22N4OS3. The van der Waals surface area contributed by atoms with E-state index in [4.69, 9.17) is 12.2 Å². The fourth-order valence-corrected chi connectivity index (χ4v) is 5.91. The minimum absolute atomic E-state index is 0.162. The summed E-state index contributed by atoms with van der Waals surface area (Å²) in [6, 6.07) is 20.2. The van der Waals surface area contributed by atoms with E-state index in [-0.39, 0.29) is 11.2 Å². The van der Waals surface area contributed by atoms with E-state index >= 15 is 0 Å². The second kappa shape index (κ2) is 9.11. The summed E-state index contributed by atoms with van der Waals surface area (Å²) < 4.78 is 3.27. The number of carbonyl (C=O) groups excluding carboxylic acids is 1. The van der Waals surface area contributed by atoms with Gasteiger partial charge in [0.15, 0.2) is 8.29 Å². The molecule has 0 aliphatic carbocycles. The number of para-hydroxylation sites is 2. The van der Waals surface area contributed by atoms with Crippen molar-refractivity contribution in [3.63, 3.8) is 0 Å². The molecule has 1 aliphatic heterocycles. The average molecular weight is 443 g/mol. The lowest BCUT2D eigenvalue weighted by Gasteiger charge is -2.37.